The molecule has 17 heavy (non-hydrogen) atoms. The summed E-state index contributed by atoms with van der Waals surface area (Å²) in [5.74, 6) is -3.52. The van der Waals surface area contributed by atoms with E-state index in [-0.39, 0.29) is 0 Å². The average Bonchev–Trinajstić information content (AvgIpc) is 2.26. The summed E-state index contributed by atoms with van der Waals surface area (Å²) in [5.41, 5.74) is -2.22. The lowest BCUT2D eigenvalue weighted by Gasteiger charge is -2.08. The number of rotatable bonds is 4. The number of carboxylic acids is 1. The molecule has 0 unspecified atom stereocenters. The second-order valence-electron chi connectivity index (χ2n) is 2.80. The maximum atomic E-state index is 12.7. The lowest BCUT2D eigenvalue weighted by molar-refractivity contribution is -0.390. The van der Waals surface area contributed by atoms with Crippen molar-refractivity contribution in [2.45, 2.75) is 6.43 Å². The molecule has 1 aromatic heterocycles. The minimum Gasteiger partial charge on any atom is -0.492 e. The van der Waals surface area contributed by atoms with Crippen LogP contribution < -0.4 is 4.74 Å². The Hall–Kier alpha value is -2.32. The molecule has 1 aromatic rings. The predicted molar refractivity (Wildman–Crippen MR) is 49.4 cm³/mol. The summed E-state index contributed by atoms with van der Waals surface area (Å²) in [7, 11) is 1.03. The number of carbonyl (C=O) groups is 1. The minimum absolute atomic E-state index is 0.511. The first-order chi connectivity index (χ1) is 7.90. The molecule has 0 saturated carbocycles. The van der Waals surface area contributed by atoms with Crippen LogP contribution in [0.5, 0.6) is 5.75 Å². The van der Waals surface area contributed by atoms with E-state index in [1.165, 1.54) is 0 Å². The van der Waals surface area contributed by atoms with Crippen LogP contribution in [0.2, 0.25) is 0 Å². The van der Waals surface area contributed by atoms with Crippen LogP contribution in [0.1, 0.15) is 22.3 Å². The maximum Gasteiger partial charge on any atom is 0.378 e. The molecule has 0 aliphatic carbocycles. The van der Waals surface area contributed by atoms with E-state index < -0.39 is 40.0 Å². The third kappa shape index (κ3) is 2.27. The van der Waals surface area contributed by atoms with Gasteiger partial charge in [-0.3, -0.25) is 0 Å². The number of ether oxygens (including phenoxy) is 1. The summed E-state index contributed by atoms with van der Waals surface area (Å²) in [6, 6.07) is 0. The van der Waals surface area contributed by atoms with Gasteiger partial charge in [0.15, 0.2) is 17.5 Å². The van der Waals surface area contributed by atoms with Crippen molar-refractivity contribution >= 4 is 11.8 Å². The normalized spacial score (nSPS) is 10.4. The van der Waals surface area contributed by atoms with Crippen LogP contribution in [-0.2, 0) is 0 Å². The van der Waals surface area contributed by atoms with Gasteiger partial charge < -0.3 is 20.0 Å². The molecule has 1 rings (SSSR count). The summed E-state index contributed by atoms with van der Waals surface area (Å²) in [4.78, 5) is 23.3. The van der Waals surface area contributed by atoms with Gasteiger partial charge in [0.1, 0.15) is 0 Å². The largest absolute Gasteiger partial charge is 0.492 e. The predicted octanol–water partition coefficient (Wildman–Crippen LogP) is 1.63. The highest BCUT2D eigenvalue weighted by molar-refractivity contribution is 5.94. The zero-order chi connectivity index (χ0) is 13.2. The number of pyridine rings is 1. The molecule has 1 heterocycles. The summed E-state index contributed by atoms with van der Waals surface area (Å²) in [6.07, 6.45) is -2.54. The number of halogens is 2. The van der Waals surface area contributed by atoms with Gasteiger partial charge in [-0.1, -0.05) is 0 Å². The van der Waals surface area contributed by atoms with Gasteiger partial charge in [0.2, 0.25) is 0 Å². The third-order valence-electron chi connectivity index (χ3n) is 1.89. The molecule has 0 fully saturated rings. The highest BCUT2D eigenvalue weighted by atomic mass is 19.3. The molecule has 0 aromatic carbocycles. The van der Waals surface area contributed by atoms with Gasteiger partial charge in [0.25, 0.3) is 6.43 Å². The number of nitrogens with zero attached hydrogens (tertiary/aromatic N) is 2. The second-order valence-corrected chi connectivity index (χ2v) is 2.80. The number of methoxy groups -OCH3 is 1. The molecule has 0 atom stereocenters. The second kappa shape index (κ2) is 4.68. The monoisotopic (exact) mass is 248 g/mol. The van der Waals surface area contributed by atoms with Crippen LogP contribution in [-0.4, -0.2) is 28.1 Å². The first-order valence-corrected chi connectivity index (χ1v) is 4.12. The van der Waals surface area contributed by atoms with Crippen LogP contribution in [0.25, 0.3) is 0 Å². The van der Waals surface area contributed by atoms with E-state index in [4.69, 9.17) is 5.11 Å². The molecular formula is C8H6F2N2O5. The summed E-state index contributed by atoms with van der Waals surface area (Å²) < 4.78 is 29.9. The molecule has 7 nitrogen and oxygen atoms in total. The molecule has 0 radical (unpaired) electrons. The van der Waals surface area contributed by atoms with E-state index in [9.17, 15) is 23.7 Å². The maximum absolute atomic E-state index is 12.7. The van der Waals surface area contributed by atoms with Gasteiger partial charge >= 0.3 is 11.8 Å². The van der Waals surface area contributed by atoms with Crippen LogP contribution in [0.15, 0.2) is 6.20 Å². The fourth-order valence-corrected chi connectivity index (χ4v) is 1.23. The zero-order valence-corrected chi connectivity index (χ0v) is 8.39. The Labute approximate surface area is 92.8 Å². The molecule has 0 spiro atoms. The Morgan fingerprint density at radius 2 is 2.24 bits per heavy atom. The Balaban J connectivity index is 3.65. The van der Waals surface area contributed by atoms with E-state index in [1.807, 2.05) is 0 Å². The van der Waals surface area contributed by atoms with E-state index in [0.717, 1.165) is 7.11 Å². The van der Waals surface area contributed by atoms with E-state index >= 15 is 0 Å². The van der Waals surface area contributed by atoms with Crippen molar-refractivity contribution in [1.29, 1.82) is 0 Å². The lowest BCUT2D eigenvalue weighted by Crippen LogP contribution is -2.11. The molecule has 0 saturated heterocycles. The van der Waals surface area contributed by atoms with Gasteiger partial charge in [0, 0.05) is 0 Å². The topological polar surface area (TPSA) is 103 Å². The minimum atomic E-state index is -3.22. The van der Waals surface area contributed by atoms with Crippen LogP contribution in [0.4, 0.5) is 14.6 Å². The van der Waals surface area contributed by atoms with Crippen molar-refractivity contribution in [3.05, 3.63) is 27.4 Å². The smallest absolute Gasteiger partial charge is 0.378 e. The van der Waals surface area contributed by atoms with Crippen LogP contribution in [0, 0.1) is 10.1 Å². The number of alkyl halides is 2. The van der Waals surface area contributed by atoms with Gasteiger partial charge in [-0.15, -0.1) is 0 Å². The van der Waals surface area contributed by atoms with Crippen molar-refractivity contribution in [2.75, 3.05) is 7.11 Å². The van der Waals surface area contributed by atoms with Crippen molar-refractivity contribution in [3.63, 3.8) is 0 Å². The first-order valence-electron chi connectivity index (χ1n) is 4.12. The van der Waals surface area contributed by atoms with Gasteiger partial charge in [0.05, 0.1) is 12.7 Å². The van der Waals surface area contributed by atoms with Gasteiger partial charge in [-0.2, -0.15) is 0 Å². The summed E-state index contributed by atoms with van der Waals surface area (Å²) >= 11 is 0. The van der Waals surface area contributed by atoms with Crippen molar-refractivity contribution in [3.8, 4) is 5.75 Å². The third-order valence-corrected chi connectivity index (χ3v) is 1.89. The van der Waals surface area contributed by atoms with Crippen LogP contribution in [0.3, 0.4) is 0 Å². The molecule has 0 amide bonds. The van der Waals surface area contributed by atoms with E-state index in [1.54, 1.807) is 0 Å². The fraction of sp³-hybridized carbons (Fsp3) is 0.250. The number of carboxylic acid groups (broad SMARTS) is 1. The zero-order valence-electron chi connectivity index (χ0n) is 8.39. The molecule has 0 aliphatic rings. The van der Waals surface area contributed by atoms with Crippen molar-refractivity contribution in [2.24, 2.45) is 0 Å². The Kier molecular flexibility index (Phi) is 3.51. The number of hydrogen-bond acceptors (Lipinski definition) is 5. The Morgan fingerprint density at radius 1 is 1.65 bits per heavy atom. The number of aromatic carboxylic acids is 1. The molecule has 0 bridgehead atoms. The van der Waals surface area contributed by atoms with Gasteiger partial charge in [-0.05, 0) is 9.91 Å². The SMILES string of the molecule is COc1cnc([N+](=O)[O-])c(C(=O)O)c1C(F)F. The highest BCUT2D eigenvalue weighted by Gasteiger charge is 2.33. The Morgan fingerprint density at radius 3 is 2.59 bits per heavy atom. The average molecular weight is 248 g/mol. The van der Waals surface area contributed by atoms with Crippen LogP contribution >= 0.6 is 0 Å². The molecule has 9 heteroatoms. The number of aromatic nitrogens is 1. The molecule has 92 valence electrons. The summed E-state index contributed by atoms with van der Waals surface area (Å²) in [5, 5.41) is 19.2. The van der Waals surface area contributed by atoms with E-state index in [0.29, 0.717) is 6.20 Å². The standard InChI is InChI=1S/C8H6F2N2O5/c1-17-3-2-11-7(12(15)16)5(8(13)14)4(3)6(9)10/h2,6H,1H3,(H,13,14). The molecule has 0 aliphatic heterocycles. The fourth-order valence-electron chi connectivity index (χ4n) is 1.23. The lowest BCUT2D eigenvalue weighted by atomic mass is 10.1. The molecule has 1 N–H and O–H groups in total. The summed E-state index contributed by atoms with van der Waals surface area (Å²) in [6.45, 7) is 0. The number of nitro groups is 1. The van der Waals surface area contributed by atoms with E-state index in [2.05, 4.69) is 9.72 Å². The van der Waals surface area contributed by atoms with Gasteiger partial charge in [-0.25, -0.2) is 13.6 Å². The van der Waals surface area contributed by atoms with Crippen molar-refractivity contribution in [1.82, 2.24) is 4.98 Å². The van der Waals surface area contributed by atoms with Crippen molar-refractivity contribution < 1.29 is 28.3 Å². The highest BCUT2D eigenvalue weighted by Crippen LogP contribution is 2.35. The number of hydrogen-bond donors (Lipinski definition) is 1. The first kappa shape index (κ1) is 12.7. The quantitative estimate of drug-likeness (QED) is 0.641. The Bertz CT molecular complexity index is 477. The molecular weight excluding hydrogens is 242 g/mol.